The second-order valence-corrected chi connectivity index (χ2v) is 3.79. The SMILES string of the molecule is O=C(O)Cc1nnn(-c2c[nH]c3ccccc23)n1. The number of aliphatic carboxylic acids is 1. The number of carbonyl (C=O) groups is 1. The van der Waals surface area contributed by atoms with Crippen LogP contribution in [0, 0.1) is 0 Å². The number of nitrogens with one attached hydrogen (secondary N) is 1. The van der Waals surface area contributed by atoms with Gasteiger partial charge in [0, 0.05) is 17.1 Å². The average molecular weight is 243 g/mol. The van der Waals surface area contributed by atoms with E-state index in [9.17, 15) is 4.79 Å². The molecule has 7 heteroatoms. The maximum Gasteiger partial charge on any atom is 0.311 e. The lowest BCUT2D eigenvalue weighted by molar-refractivity contribution is -0.136. The summed E-state index contributed by atoms with van der Waals surface area (Å²) in [5.41, 5.74) is 1.71. The summed E-state index contributed by atoms with van der Waals surface area (Å²) in [5, 5.41) is 21.2. The Hall–Kier alpha value is -2.70. The highest BCUT2D eigenvalue weighted by atomic mass is 16.4. The number of carboxylic acid groups (broad SMARTS) is 1. The second kappa shape index (κ2) is 3.95. The average Bonchev–Trinajstić information content (AvgIpc) is 2.94. The van der Waals surface area contributed by atoms with Crippen LogP contribution in [0.3, 0.4) is 0 Å². The van der Waals surface area contributed by atoms with Crippen molar-refractivity contribution in [3.63, 3.8) is 0 Å². The summed E-state index contributed by atoms with van der Waals surface area (Å²) in [6, 6.07) is 7.71. The number of aromatic nitrogens is 5. The maximum atomic E-state index is 10.6. The summed E-state index contributed by atoms with van der Waals surface area (Å²) < 4.78 is 0. The van der Waals surface area contributed by atoms with Gasteiger partial charge in [-0.1, -0.05) is 18.2 Å². The summed E-state index contributed by atoms with van der Waals surface area (Å²) in [6.45, 7) is 0. The first kappa shape index (κ1) is 10.5. The molecule has 3 rings (SSSR count). The largest absolute Gasteiger partial charge is 0.481 e. The van der Waals surface area contributed by atoms with Crippen LogP contribution in [0.1, 0.15) is 5.82 Å². The van der Waals surface area contributed by atoms with Crippen LogP contribution in [0.5, 0.6) is 0 Å². The van der Waals surface area contributed by atoms with Gasteiger partial charge in [0.1, 0.15) is 12.1 Å². The molecule has 2 aromatic heterocycles. The molecule has 1 aromatic carbocycles. The van der Waals surface area contributed by atoms with Gasteiger partial charge in [0.15, 0.2) is 5.82 Å². The number of hydrogen-bond acceptors (Lipinski definition) is 4. The van der Waals surface area contributed by atoms with E-state index < -0.39 is 5.97 Å². The van der Waals surface area contributed by atoms with Gasteiger partial charge in [0.2, 0.25) is 0 Å². The van der Waals surface area contributed by atoms with Crippen molar-refractivity contribution < 1.29 is 9.90 Å². The third-order valence-corrected chi connectivity index (χ3v) is 2.55. The Labute approximate surface area is 101 Å². The molecule has 0 amide bonds. The van der Waals surface area contributed by atoms with Crippen LogP contribution in [0.4, 0.5) is 0 Å². The predicted molar refractivity (Wildman–Crippen MR) is 62.4 cm³/mol. The van der Waals surface area contributed by atoms with Crippen LogP contribution in [-0.2, 0) is 11.2 Å². The Morgan fingerprint density at radius 2 is 2.22 bits per heavy atom. The molecule has 2 N–H and O–H groups in total. The Bertz CT molecular complexity index is 715. The lowest BCUT2D eigenvalue weighted by Gasteiger charge is -1.94. The fraction of sp³-hybridized carbons (Fsp3) is 0.0909. The summed E-state index contributed by atoms with van der Waals surface area (Å²) >= 11 is 0. The first-order chi connectivity index (χ1) is 8.74. The topological polar surface area (TPSA) is 96.7 Å². The highest BCUT2D eigenvalue weighted by Crippen LogP contribution is 2.19. The Kier molecular flexibility index (Phi) is 2.30. The van der Waals surface area contributed by atoms with Crippen molar-refractivity contribution in [1.29, 1.82) is 0 Å². The van der Waals surface area contributed by atoms with Gasteiger partial charge >= 0.3 is 5.97 Å². The highest BCUT2D eigenvalue weighted by Gasteiger charge is 2.11. The summed E-state index contributed by atoms with van der Waals surface area (Å²) in [7, 11) is 0. The van der Waals surface area contributed by atoms with E-state index in [4.69, 9.17) is 5.11 Å². The molecule has 3 aromatic rings. The molecular formula is C11H9N5O2. The molecule has 0 atom stereocenters. The number of rotatable bonds is 3. The molecule has 0 spiro atoms. The normalized spacial score (nSPS) is 10.9. The molecule has 18 heavy (non-hydrogen) atoms. The van der Waals surface area contributed by atoms with Crippen molar-refractivity contribution in [2.45, 2.75) is 6.42 Å². The van der Waals surface area contributed by atoms with Gasteiger partial charge in [-0.3, -0.25) is 4.79 Å². The lowest BCUT2D eigenvalue weighted by Crippen LogP contribution is -2.03. The van der Waals surface area contributed by atoms with Gasteiger partial charge in [0.05, 0.1) is 0 Å². The minimum Gasteiger partial charge on any atom is -0.481 e. The molecule has 0 aliphatic rings. The fourth-order valence-corrected chi connectivity index (χ4v) is 1.77. The van der Waals surface area contributed by atoms with E-state index in [1.807, 2.05) is 24.3 Å². The van der Waals surface area contributed by atoms with Crippen molar-refractivity contribution in [2.24, 2.45) is 0 Å². The van der Waals surface area contributed by atoms with Crippen LogP contribution in [-0.4, -0.2) is 36.3 Å². The van der Waals surface area contributed by atoms with Crippen molar-refractivity contribution in [2.75, 3.05) is 0 Å². The molecular weight excluding hydrogens is 234 g/mol. The number of hydrogen-bond donors (Lipinski definition) is 2. The molecule has 0 aliphatic heterocycles. The van der Waals surface area contributed by atoms with Crippen LogP contribution in [0.25, 0.3) is 16.6 Å². The number of tetrazole rings is 1. The minimum absolute atomic E-state index is 0.188. The van der Waals surface area contributed by atoms with Crippen molar-refractivity contribution in [3.05, 3.63) is 36.3 Å². The predicted octanol–water partition coefficient (Wildman–Crippen LogP) is 0.771. The maximum absolute atomic E-state index is 10.6. The minimum atomic E-state index is -0.978. The molecule has 0 unspecified atom stereocenters. The van der Waals surface area contributed by atoms with Gasteiger partial charge in [0.25, 0.3) is 0 Å². The standard InChI is InChI=1S/C11H9N5O2/c17-11(18)5-10-13-15-16(14-10)9-6-12-8-4-2-1-3-7(8)9/h1-4,6,12H,5H2,(H,17,18). The first-order valence-electron chi connectivity index (χ1n) is 5.31. The van der Waals surface area contributed by atoms with Crippen LogP contribution in [0.15, 0.2) is 30.5 Å². The molecule has 0 fully saturated rings. The molecule has 0 aliphatic carbocycles. The van der Waals surface area contributed by atoms with Gasteiger partial charge in [-0.25, -0.2) is 0 Å². The number of aromatic amines is 1. The fourth-order valence-electron chi connectivity index (χ4n) is 1.77. The lowest BCUT2D eigenvalue weighted by atomic mass is 10.2. The van der Waals surface area contributed by atoms with Gasteiger partial charge in [-0.05, 0) is 11.3 Å². The number of para-hydroxylation sites is 1. The van der Waals surface area contributed by atoms with Gasteiger partial charge in [-0.2, -0.15) is 0 Å². The number of H-pyrrole nitrogens is 1. The quantitative estimate of drug-likeness (QED) is 0.708. The Morgan fingerprint density at radius 1 is 1.39 bits per heavy atom. The Balaban J connectivity index is 2.04. The highest BCUT2D eigenvalue weighted by molar-refractivity contribution is 5.87. The molecule has 0 saturated carbocycles. The molecule has 0 saturated heterocycles. The van der Waals surface area contributed by atoms with E-state index in [1.54, 1.807) is 6.20 Å². The van der Waals surface area contributed by atoms with Crippen LogP contribution < -0.4 is 0 Å². The molecule has 90 valence electrons. The number of nitrogens with zero attached hydrogens (tertiary/aromatic N) is 4. The second-order valence-electron chi connectivity index (χ2n) is 3.79. The molecule has 0 radical (unpaired) electrons. The van der Waals surface area contributed by atoms with Crippen molar-refractivity contribution in [1.82, 2.24) is 25.2 Å². The Morgan fingerprint density at radius 3 is 3.06 bits per heavy atom. The third kappa shape index (κ3) is 1.71. The molecule has 2 heterocycles. The van der Waals surface area contributed by atoms with Crippen LogP contribution in [0.2, 0.25) is 0 Å². The zero-order chi connectivity index (χ0) is 12.5. The smallest absolute Gasteiger partial charge is 0.311 e. The van der Waals surface area contributed by atoms with Gasteiger partial charge < -0.3 is 10.1 Å². The van der Waals surface area contributed by atoms with Crippen molar-refractivity contribution in [3.8, 4) is 5.69 Å². The van der Waals surface area contributed by atoms with Crippen LogP contribution >= 0.6 is 0 Å². The summed E-state index contributed by atoms with van der Waals surface area (Å²) in [5.74, 6) is -0.791. The zero-order valence-corrected chi connectivity index (χ0v) is 9.24. The zero-order valence-electron chi connectivity index (χ0n) is 9.24. The molecule has 0 bridgehead atoms. The monoisotopic (exact) mass is 243 g/mol. The number of carboxylic acids is 1. The van der Waals surface area contributed by atoms with E-state index in [-0.39, 0.29) is 12.2 Å². The first-order valence-corrected chi connectivity index (χ1v) is 5.31. The number of benzene rings is 1. The summed E-state index contributed by atoms with van der Waals surface area (Å²) in [4.78, 5) is 15.0. The number of fused-ring (bicyclic) bond motifs is 1. The van der Waals surface area contributed by atoms with E-state index in [0.717, 1.165) is 16.6 Å². The molecule has 7 nitrogen and oxygen atoms in total. The van der Waals surface area contributed by atoms with E-state index in [0.29, 0.717) is 0 Å². The van der Waals surface area contributed by atoms with Gasteiger partial charge in [-0.15, -0.1) is 15.0 Å². The van der Waals surface area contributed by atoms with E-state index in [2.05, 4.69) is 20.4 Å². The summed E-state index contributed by atoms with van der Waals surface area (Å²) in [6.07, 6.45) is 1.53. The van der Waals surface area contributed by atoms with E-state index in [1.165, 1.54) is 4.80 Å². The van der Waals surface area contributed by atoms with E-state index >= 15 is 0 Å². The van der Waals surface area contributed by atoms with Crippen molar-refractivity contribution >= 4 is 16.9 Å². The third-order valence-electron chi connectivity index (χ3n) is 2.55.